The number of aldehydes is 1. The average molecular weight is 291 g/mol. The molecule has 0 atom stereocenters. The standard InChI is InChI=1S/C17H13N3O2/c21-10-12-9-18-20-16(11-5-2-1-3-6-11)15-13(19-17(12)20)7-4-8-14(15)22/h1-3,5-6,9-10H,4,7-8H2. The third kappa shape index (κ3) is 1.79. The van der Waals surface area contributed by atoms with Crippen molar-refractivity contribution in [2.24, 2.45) is 0 Å². The van der Waals surface area contributed by atoms with Crippen molar-refractivity contribution in [1.29, 1.82) is 0 Å². The quantitative estimate of drug-likeness (QED) is 0.681. The second-order valence-electron chi connectivity index (χ2n) is 5.38. The fourth-order valence-corrected chi connectivity index (χ4v) is 3.02. The summed E-state index contributed by atoms with van der Waals surface area (Å²) in [5, 5.41) is 4.28. The summed E-state index contributed by atoms with van der Waals surface area (Å²) < 4.78 is 1.61. The van der Waals surface area contributed by atoms with Crippen molar-refractivity contribution >= 4 is 17.7 Å². The normalized spacial score (nSPS) is 14.1. The molecule has 0 radical (unpaired) electrons. The largest absolute Gasteiger partial charge is 0.298 e. The highest BCUT2D eigenvalue weighted by Gasteiger charge is 2.26. The van der Waals surface area contributed by atoms with Gasteiger partial charge in [-0.1, -0.05) is 30.3 Å². The van der Waals surface area contributed by atoms with Crippen molar-refractivity contribution in [1.82, 2.24) is 14.6 Å². The van der Waals surface area contributed by atoms with Crippen LogP contribution >= 0.6 is 0 Å². The second kappa shape index (κ2) is 4.87. The number of rotatable bonds is 2. The molecule has 108 valence electrons. The zero-order valence-corrected chi connectivity index (χ0v) is 11.8. The number of carbonyl (C=O) groups excluding carboxylic acids is 2. The van der Waals surface area contributed by atoms with Crippen LogP contribution in [0.4, 0.5) is 0 Å². The smallest absolute Gasteiger partial charge is 0.166 e. The summed E-state index contributed by atoms with van der Waals surface area (Å²) >= 11 is 0. The summed E-state index contributed by atoms with van der Waals surface area (Å²) in [4.78, 5) is 28.2. The summed E-state index contributed by atoms with van der Waals surface area (Å²) in [5.74, 6) is 0.0951. The number of Topliss-reactive ketones (excluding diaryl/α,β-unsaturated/α-hetero) is 1. The molecule has 22 heavy (non-hydrogen) atoms. The maximum absolute atomic E-state index is 12.4. The Labute approximate surface area is 126 Å². The summed E-state index contributed by atoms with van der Waals surface area (Å²) in [5.41, 5.74) is 4.01. The number of fused-ring (bicyclic) bond motifs is 2. The van der Waals surface area contributed by atoms with Gasteiger partial charge in [0.25, 0.3) is 0 Å². The molecular weight excluding hydrogens is 278 g/mol. The Balaban J connectivity index is 2.15. The van der Waals surface area contributed by atoms with Crippen LogP contribution in [-0.4, -0.2) is 26.7 Å². The maximum Gasteiger partial charge on any atom is 0.166 e. The lowest BCUT2D eigenvalue weighted by Crippen LogP contribution is -2.17. The van der Waals surface area contributed by atoms with Crippen LogP contribution in [0.5, 0.6) is 0 Å². The van der Waals surface area contributed by atoms with Crippen LogP contribution in [0.3, 0.4) is 0 Å². The molecule has 0 saturated carbocycles. The SMILES string of the molecule is O=Cc1cnn2c(-c3ccccc3)c3c(nc12)CCCC3=O. The van der Waals surface area contributed by atoms with Gasteiger partial charge in [-0.15, -0.1) is 0 Å². The molecule has 3 aromatic rings. The highest BCUT2D eigenvalue weighted by molar-refractivity contribution is 6.04. The van der Waals surface area contributed by atoms with Crippen molar-refractivity contribution in [2.75, 3.05) is 0 Å². The third-order valence-corrected chi connectivity index (χ3v) is 4.02. The molecule has 0 fully saturated rings. The molecule has 0 spiro atoms. The fraction of sp³-hybridized carbons (Fsp3) is 0.176. The highest BCUT2D eigenvalue weighted by atomic mass is 16.1. The number of nitrogens with zero attached hydrogens (tertiary/aromatic N) is 3. The molecule has 0 bridgehead atoms. The Morgan fingerprint density at radius 1 is 1.14 bits per heavy atom. The Morgan fingerprint density at radius 3 is 2.73 bits per heavy atom. The number of ketones is 1. The van der Waals surface area contributed by atoms with Gasteiger partial charge in [-0.3, -0.25) is 9.59 Å². The maximum atomic E-state index is 12.4. The topological polar surface area (TPSA) is 64.3 Å². The van der Waals surface area contributed by atoms with E-state index >= 15 is 0 Å². The lowest BCUT2D eigenvalue weighted by molar-refractivity contribution is 0.0971. The van der Waals surface area contributed by atoms with Gasteiger partial charge in [0.2, 0.25) is 0 Å². The van der Waals surface area contributed by atoms with Crippen molar-refractivity contribution in [3.05, 3.63) is 53.3 Å². The molecule has 2 heterocycles. The van der Waals surface area contributed by atoms with Crippen LogP contribution in [-0.2, 0) is 6.42 Å². The third-order valence-electron chi connectivity index (χ3n) is 4.02. The molecule has 1 aromatic carbocycles. The van der Waals surface area contributed by atoms with Gasteiger partial charge in [0.1, 0.15) is 0 Å². The number of aryl methyl sites for hydroxylation is 1. The second-order valence-corrected chi connectivity index (χ2v) is 5.38. The van der Waals surface area contributed by atoms with Crippen molar-refractivity contribution in [2.45, 2.75) is 19.3 Å². The first-order valence-electron chi connectivity index (χ1n) is 7.24. The summed E-state index contributed by atoms with van der Waals surface area (Å²) in [6, 6.07) is 9.66. The lowest BCUT2D eigenvalue weighted by atomic mass is 9.91. The van der Waals surface area contributed by atoms with Crippen molar-refractivity contribution in [3.8, 4) is 11.3 Å². The minimum absolute atomic E-state index is 0.0951. The molecule has 0 N–H and O–H groups in total. The number of benzene rings is 1. The van der Waals surface area contributed by atoms with E-state index < -0.39 is 0 Å². The van der Waals surface area contributed by atoms with Gasteiger partial charge < -0.3 is 0 Å². The molecule has 1 aliphatic carbocycles. The average Bonchev–Trinajstić information content (AvgIpc) is 2.96. The Bertz CT molecular complexity index is 897. The van der Waals surface area contributed by atoms with Crippen LogP contribution in [0.15, 0.2) is 36.5 Å². The van der Waals surface area contributed by atoms with Crippen LogP contribution in [0.2, 0.25) is 0 Å². The Kier molecular flexibility index (Phi) is 2.85. The van der Waals surface area contributed by atoms with E-state index in [1.54, 1.807) is 4.52 Å². The van der Waals surface area contributed by atoms with E-state index in [9.17, 15) is 9.59 Å². The lowest BCUT2D eigenvalue weighted by Gasteiger charge is -2.18. The van der Waals surface area contributed by atoms with E-state index in [1.807, 2.05) is 30.3 Å². The van der Waals surface area contributed by atoms with E-state index in [1.165, 1.54) is 6.20 Å². The Morgan fingerprint density at radius 2 is 1.95 bits per heavy atom. The van der Waals surface area contributed by atoms with E-state index in [2.05, 4.69) is 10.1 Å². The van der Waals surface area contributed by atoms with Gasteiger partial charge in [0.05, 0.1) is 28.7 Å². The molecule has 5 heteroatoms. The summed E-state index contributed by atoms with van der Waals surface area (Å²) in [6.45, 7) is 0. The molecule has 0 unspecified atom stereocenters. The minimum atomic E-state index is 0.0951. The summed E-state index contributed by atoms with van der Waals surface area (Å²) in [6.07, 6.45) is 4.33. The molecule has 2 aromatic heterocycles. The molecule has 1 aliphatic rings. The molecule has 5 nitrogen and oxygen atoms in total. The van der Waals surface area contributed by atoms with Crippen LogP contribution in [0.25, 0.3) is 16.9 Å². The first-order valence-corrected chi connectivity index (χ1v) is 7.24. The number of hydrogen-bond donors (Lipinski definition) is 0. The number of aromatic nitrogens is 3. The fourth-order valence-electron chi connectivity index (χ4n) is 3.02. The number of carbonyl (C=O) groups is 2. The number of hydrogen-bond acceptors (Lipinski definition) is 4. The van der Waals surface area contributed by atoms with Gasteiger partial charge in [0, 0.05) is 12.0 Å². The molecule has 0 amide bonds. The van der Waals surface area contributed by atoms with Gasteiger partial charge in [-0.25, -0.2) is 9.50 Å². The highest BCUT2D eigenvalue weighted by Crippen LogP contribution is 2.31. The van der Waals surface area contributed by atoms with Crippen molar-refractivity contribution in [3.63, 3.8) is 0 Å². The zero-order valence-electron chi connectivity index (χ0n) is 11.8. The van der Waals surface area contributed by atoms with Crippen LogP contribution < -0.4 is 0 Å². The zero-order chi connectivity index (χ0) is 15.1. The van der Waals surface area contributed by atoms with E-state index in [0.29, 0.717) is 23.2 Å². The van der Waals surface area contributed by atoms with Crippen molar-refractivity contribution < 1.29 is 9.59 Å². The van der Waals surface area contributed by atoms with Gasteiger partial charge in [-0.2, -0.15) is 5.10 Å². The first-order chi connectivity index (χ1) is 10.8. The molecular formula is C17H13N3O2. The van der Waals surface area contributed by atoms with Crippen LogP contribution in [0, 0.1) is 0 Å². The summed E-state index contributed by atoms with van der Waals surface area (Å²) in [7, 11) is 0. The predicted octanol–water partition coefficient (Wildman–Crippen LogP) is 2.73. The first kappa shape index (κ1) is 12.9. The van der Waals surface area contributed by atoms with E-state index in [4.69, 9.17) is 0 Å². The minimum Gasteiger partial charge on any atom is -0.298 e. The monoisotopic (exact) mass is 291 g/mol. The predicted molar refractivity (Wildman–Crippen MR) is 81.1 cm³/mol. The molecule has 0 aliphatic heterocycles. The van der Waals surface area contributed by atoms with Gasteiger partial charge in [0.15, 0.2) is 17.7 Å². The molecule has 0 saturated heterocycles. The van der Waals surface area contributed by atoms with Crippen LogP contribution in [0.1, 0.15) is 39.3 Å². The van der Waals surface area contributed by atoms with Gasteiger partial charge >= 0.3 is 0 Å². The Hall–Kier alpha value is -2.82. The van der Waals surface area contributed by atoms with Gasteiger partial charge in [-0.05, 0) is 12.8 Å². The van der Waals surface area contributed by atoms with E-state index in [-0.39, 0.29) is 5.78 Å². The van der Waals surface area contributed by atoms with E-state index in [0.717, 1.165) is 36.1 Å². The molecule has 4 rings (SSSR count).